The zero-order chi connectivity index (χ0) is 32.0. The van der Waals surface area contributed by atoms with E-state index in [0.717, 1.165) is 28.9 Å². The van der Waals surface area contributed by atoms with Crippen LogP contribution in [0.3, 0.4) is 0 Å². The molecule has 6 heteroatoms. The van der Waals surface area contributed by atoms with Crippen LogP contribution in [0.15, 0.2) is 121 Å². The molecule has 6 nitrogen and oxygen atoms in total. The highest BCUT2D eigenvalue weighted by atomic mass is 15.4. The molecule has 0 unspecified atom stereocenters. The van der Waals surface area contributed by atoms with Gasteiger partial charge < -0.3 is 0 Å². The first-order valence-electron chi connectivity index (χ1n) is 14.7. The van der Waals surface area contributed by atoms with Crippen LogP contribution in [-0.2, 0) is 23.9 Å². The van der Waals surface area contributed by atoms with Crippen molar-refractivity contribution < 1.29 is 0 Å². The van der Waals surface area contributed by atoms with E-state index >= 15 is 0 Å². The van der Waals surface area contributed by atoms with Gasteiger partial charge in [0.15, 0.2) is 0 Å². The van der Waals surface area contributed by atoms with E-state index in [1.807, 2.05) is 71.5 Å². The molecule has 0 aliphatic heterocycles. The summed E-state index contributed by atoms with van der Waals surface area (Å²) >= 11 is 0. The summed E-state index contributed by atoms with van der Waals surface area (Å²) in [6, 6.07) is 36.7. The van der Waals surface area contributed by atoms with Crippen LogP contribution in [-0.4, -0.2) is 15.0 Å². The van der Waals surface area contributed by atoms with Crippen LogP contribution < -0.4 is 0 Å². The molecule has 4 aromatic carbocycles. The van der Waals surface area contributed by atoms with Crippen molar-refractivity contribution in [3.8, 4) is 23.6 Å². The predicted molar refractivity (Wildman–Crippen MR) is 182 cm³/mol. The Labute approximate surface area is 262 Å². The average molecular weight is 583 g/mol. The van der Waals surface area contributed by atoms with Gasteiger partial charge in [-0.05, 0) is 50.7 Å². The lowest BCUT2D eigenvalue weighted by Gasteiger charge is -2.18. The Kier molecular flexibility index (Phi) is 12.1. The van der Waals surface area contributed by atoms with Gasteiger partial charge in [0.1, 0.15) is 5.69 Å². The molecule has 0 atom stereocenters. The van der Waals surface area contributed by atoms with Crippen LogP contribution in [0.25, 0.3) is 21.7 Å². The van der Waals surface area contributed by atoms with Crippen LogP contribution in [0.4, 0.5) is 0 Å². The average Bonchev–Trinajstić information content (AvgIpc) is 3.49. The standard InChI is InChI=1S/C19H21N3.C12H14.C7H7N3/c1-19(2,3)17-11-9-16(10-12-17)18-14-22(21-20-18)13-15-7-5-4-6-8-15;1-5-10-6-8-11(9-7-10)12(2,3)4;8-10-9-6-7-4-2-1-3-5-7/h4-12,14H,13H2,1-3H3;1,6-9H,2-4H3;1-5H,6H2. The van der Waals surface area contributed by atoms with Gasteiger partial charge in [0.2, 0.25) is 0 Å². The number of hydrogen-bond donors (Lipinski definition) is 0. The quantitative estimate of drug-likeness (QED) is 0.0895. The lowest BCUT2D eigenvalue weighted by molar-refractivity contribution is 0.590. The molecule has 0 spiro atoms. The van der Waals surface area contributed by atoms with Gasteiger partial charge in [-0.15, -0.1) is 11.5 Å². The summed E-state index contributed by atoms with van der Waals surface area (Å²) in [6.45, 7) is 14.4. The van der Waals surface area contributed by atoms with E-state index in [0.29, 0.717) is 6.54 Å². The van der Waals surface area contributed by atoms with Gasteiger partial charge in [-0.2, -0.15) is 0 Å². The molecular formula is C38H42N6. The smallest absolute Gasteiger partial charge is 0.113 e. The molecule has 0 saturated heterocycles. The highest BCUT2D eigenvalue weighted by molar-refractivity contribution is 5.58. The van der Waals surface area contributed by atoms with Gasteiger partial charge in [0.25, 0.3) is 0 Å². The van der Waals surface area contributed by atoms with Crippen molar-refractivity contribution in [2.24, 2.45) is 5.11 Å². The summed E-state index contributed by atoms with van der Waals surface area (Å²) in [5, 5.41) is 11.9. The van der Waals surface area contributed by atoms with Crippen LogP contribution >= 0.6 is 0 Å². The summed E-state index contributed by atoms with van der Waals surface area (Å²) < 4.78 is 1.88. The maximum atomic E-state index is 7.99. The summed E-state index contributed by atoms with van der Waals surface area (Å²) in [7, 11) is 0. The van der Waals surface area contributed by atoms with Gasteiger partial charge in [-0.25, -0.2) is 4.68 Å². The van der Waals surface area contributed by atoms with Gasteiger partial charge >= 0.3 is 0 Å². The third-order valence-electron chi connectivity index (χ3n) is 6.85. The van der Waals surface area contributed by atoms with Crippen LogP contribution in [0, 0.1) is 12.3 Å². The fourth-order valence-corrected chi connectivity index (χ4v) is 4.18. The molecule has 0 fully saturated rings. The Balaban J connectivity index is 0.000000202. The number of azide groups is 1. The van der Waals surface area contributed by atoms with Crippen LogP contribution in [0.5, 0.6) is 0 Å². The van der Waals surface area contributed by atoms with Crippen molar-refractivity contribution in [3.63, 3.8) is 0 Å². The molecule has 0 N–H and O–H groups in total. The molecule has 0 aliphatic carbocycles. The Bertz CT molecular complexity index is 1640. The largest absolute Gasteiger partial charge is 0.247 e. The van der Waals surface area contributed by atoms with Crippen molar-refractivity contribution in [2.45, 2.75) is 65.5 Å². The minimum absolute atomic E-state index is 0.170. The van der Waals surface area contributed by atoms with Gasteiger partial charge in [-0.1, -0.05) is 155 Å². The normalized spacial score (nSPS) is 10.7. The lowest BCUT2D eigenvalue weighted by Crippen LogP contribution is -2.10. The SMILES string of the molecule is C#Cc1ccc(C(C)(C)C)cc1.CC(C)(C)c1ccc(-c2cn(Cc3ccccc3)nn2)cc1.[N-]=[N+]=NCc1ccccc1. The highest BCUT2D eigenvalue weighted by Gasteiger charge is 2.14. The van der Waals surface area contributed by atoms with Crippen molar-refractivity contribution in [3.05, 3.63) is 154 Å². The highest BCUT2D eigenvalue weighted by Crippen LogP contribution is 2.25. The second-order valence-electron chi connectivity index (χ2n) is 12.5. The first-order valence-corrected chi connectivity index (χ1v) is 14.7. The minimum atomic E-state index is 0.170. The Morgan fingerprint density at radius 1 is 0.727 bits per heavy atom. The molecule has 0 bridgehead atoms. The fraction of sp³-hybridized carbons (Fsp3) is 0.263. The maximum Gasteiger partial charge on any atom is 0.113 e. The number of hydrogen-bond acceptors (Lipinski definition) is 3. The molecule has 0 amide bonds. The minimum Gasteiger partial charge on any atom is -0.247 e. The molecule has 0 radical (unpaired) electrons. The van der Waals surface area contributed by atoms with Crippen LogP contribution in [0.2, 0.25) is 0 Å². The fourth-order valence-electron chi connectivity index (χ4n) is 4.18. The Morgan fingerprint density at radius 2 is 1.23 bits per heavy atom. The summed E-state index contributed by atoms with van der Waals surface area (Å²) in [4.78, 5) is 2.66. The Morgan fingerprint density at radius 3 is 1.70 bits per heavy atom. The third-order valence-corrected chi connectivity index (χ3v) is 6.85. The molecule has 224 valence electrons. The van der Waals surface area contributed by atoms with Crippen molar-refractivity contribution in [1.82, 2.24) is 15.0 Å². The van der Waals surface area contributed by atoms with E-state index in [9.17, 15) is 0 Å². The van der Waals surface area contributed by atoms with Crippen molar-refractivity contribution in [1.29, 1.82) is 0 Å². The molecule has 5 rings (SSSR count). The van der Waals surface area contributed by atoms with Gasteiger partial charge in [0, 0.05) is 16.0 Å². The van der Waals surface area contributed by atoms with Crippen molar-refractivity contribution in [2.75, 3.05) is 0 Å². The Hall–Kier alpha value is -5.11. The third kappa shape index (κ3) is 10.9. The maximum absolute atomic E-state index is 7.99. The number of nitrogens with zero attached hydrogens (tertiary/aromatic N) is 6. The van der Waals surface area contributed by atoms with Gasteiger partial charge in [-0.3, -0.25) is 0 Å². The topological polar surface area (TPSA) is 79.5 Å². The number of rotatable bonds is 5. The summed E-state index contributed by atoms with van der Waals surface area (Å²) in [5.74, 6) is 2.61. The second-order valence-corrected chi connectivity index (χ2v) is 12.5. The summed E-state index contributed by atoms with van der Waals surface area (Å²) in [5.41, 5.74) is 16.2. The first kappa shape index (κ1) is 33.4. The van der Waals surface area contributed by atoms with E-state index in [1.165, 1.54) is 16.7 Å². The number of benzene rings is 4. The monoisotopic (exact) mass is 582 g/mol. The zero-order valence-corrected chi connectivity index (χ0v) is 26.6. The van der Waals surface area contributed by atoms with Crippen LogP contribution in [0.1, 0.15) is 69.4 Å². The molecule has 1 heterocycles. The van der Waals surface area contributed by atoms with E-state index in [2.05, 4.69) is 116 Å². The number of aromatic nitrogens is 3. The van der Waals surface area contributed by atoms with E-state index in [4.69, 9.17) is 12.0 Å². The molecule has 0 aliphatic rings. The zero-order valence-electron chi connectivity index (χ0n) is 26.6. The second kappa shape index (κ2) is 15.9. The lowest BCUT2D eigenvalue weighted by atomic mass is 9.86. The predicted octanol–water partition coefficient (Wildman–Crippen LogP) is 9.75. The summed E-state index contributed by atoms with van der Waals surface area (Å²) in [6.07, 6.45) is 7.26. The molecular weight excluding hydrogens is 540 g/mol. The van der Waals surface area contributed by atoms with Gasteiger partial charge in [0.05, 0.1) is 19.3 Å². The molecule has 44 heavy (non-hydrogen) atoms. The molecule has 1 aromatic heterocycles. The molecule has 5 aromatic rings. The van der Waals surface area contributed by atoms with E-state index < -0.39 is 0 Å². The van der Waals surface area contributed by atoms with E-state index in [-0.39, 0.29) is 10.8 Å². The molecule has 0 saturated carbocycles. The first-order chi connectivity index (χ1) is 21.0. The number of terminal acetylenes is 1. The van der Waals surface area contributed by atoms with Crippen molar-refractivity contribution >= 4 is 0 Å². The van der Waals surface area contributed by atoms with E-state index in [1.54, 1.807) is 0 Å².